The van der Waals surface area contributed by atoms with Gasteiger partial charge in [-0.2, -0.15) is 5.10 Å². The van der Waals surface area contributed by atoms with Crippen molar-refractivity contribution >= 4 is 0 Å². The van der Waals surface area contributed by atoms with Gasteiger partial charge < -0.3 is 14.6 Å². The Hall–Kier alpha value is -2.01. The van der Waals surface area contributed by atoms with Gasteiger partial charge in [0.05, 0.1) is 19.8 Å². The van der Waals surface area contributed by atoms with Crippen LogP contribution in [0.2, 0.25) is 0 Å². The molecule has 0 fully saturated rings. The fraction of sp³-hybridized carbons (Fsp3) is 0.400. The van der Waals surface area contributed by atoms with E-state index in [1.165, 1.54) is 0 Å². The molecule has 0 unspecified atom stereocenters. The highest BCUT2D eigenvalue weighted by molar-refractivity contribution is 5.40. The number of rotatable bonds is 8. The van der Waals surface area contributed by atoms with Crippen LogP contribution in [0.4, 0.5) is 0 Å². The molecule has 1 N–H and O–H groups in total. The summed E-state index contributed by atoms with van der Waals surface area (Å²) in [6.07, 6.45) is 4.58. The number of aliphatic hydroxyl groups is 1. The number of ether oxygens (including phenoxy) is 2. The van der Waals surface area contributed by atoms with Crippen molar-refractivity contribution in [1.82, 2.24) is 9.78 Å². The third-order valence-electron chi connectivity index (χ3n) is 2.82. The van der Waals surface area contributed by atoms with Crippen molar-refractivity contribution in [3.8, 4) is 11.5 Å². The van der Waals surface area contributed by atoms with Gasteiger partial charge in [0, 0.05) is 24.0 Å². The Kier molecular flexibility index (Phi) is 5.43. The molecule has 0 bridgehead atoms. The topological polar surface area (TPSA) is 56.5 Å². The average Bonchev–Trinajstić information content (AvgIpc) is 2.98. The first-order chi connectivity index (χ1) is 9.83. The van der Waals surface area contributed by atoms with E-state index in [2.05, 4.69) is 12.0 Å². The third-order valence-corrected chi connectivity index (χ3v) is 2.82. The molecule has 0 atom stereocenters. The van der Waals surface area contributed by atoms with Gasteiger partial charge in [0.1, 0.15) is 18.1 Å². The molecule has 1 heterocycles. The SMILES string of the molecule is CCCOc1ccc(CO)c(OCCn2cccn2)c1. The maximum absolute atomic E-state index is 9.33. The molecule has 1 aromatic carbocycles. The molecule has 0 amide bonds. The molecule has 20 heavy (non-hydrogen) atoms. The fourth-order valence-corrected chi connectivity index (χ4v) is 1.79. The van der Waals surface area contributed by atoms with E-state index >= 15 is 0 Å². The number of hydrogen-bond acceptors (Lipinski definition) is 4. The van der Waals surface area contributed by atoms with Gasteiger partial charge in [-0.25, -0.2) is 0 Å². The molecule has 1 aromatic heterocycles. The zero-order valence-corrected chi connectivity index (χ0v) is 11.7. The largest absolute Gasteiger partial charge is 0.493 e. The minimum Gasteiger partial charge on any atom is -0.493 e. The summed E-state index contributed by atoms with van der Waals surface area (Å²) in [6, 6.07) is 7.37. The Morgan fingerprint density at radius 2 is 2.15 bits per heavy atom. The first-order valence-corrected chi connectivity index (χ1v) is 6.80. The predicted octanol–water partition coefficient (Wildman–Crippen LogP) is 2.24. The molecule has 0 aliphatic rings. The third kappa shape index (κ3) is 3.99. The summed E-state index contributed by atoms with van der Waals surface area (Å²) < 4.78 is 13.1. The van der Waals surface area contributed by atoms with Crippen molar-refractivity contribution in [2.24, 2.45) is 0 Å². The van der Waals surface area contributed by atoms with Gasteiger partial charge in [0.15, 0.2) is 0 Å². The Morgan fingerprint density at radius 3 is 2.85 bits per heavy atom. The molecule has 0 radical (unpaired) electrons. The first-order valence-electron chi connectivity index (χ1n) is 6.80. The molecule has 0 aliphatic heterocycles. The number of nitrogens with zero attached hydrogens (tertiary/aromatic N) is 2. The Labute approximate surface area is 118 Å². The van der Waals surface area contributed by atoms with Crippen molar-refractivity contribution in [2.45, 2.75) is 26.5 Å². The molecule has 108 valence electrons. The van der Waals surface area contributed by atoms with Crippen LogP contribution in [0, 0.1) is 0 Å². The summed E-state index contributed by atoms with van der Waals surface area (Å²) in [4.78, 5) is 0. The number of hydrogen-bond donors (Lipinski definition) is 1. The highest BCUT2D eigenvalue weighted by Gasteiger charge is 2.05. The minimum absolute atomic E-state index is 0.0504. The summed E-state index contributed by atoms with van der Waals surface area (Å²) >= 11 is 0. The monoisotopic (exact) mass is 276 g/mol. The van der Waals surface area contributed by atoms with Crippen molar-refractivity contribution in [1.29, 1.82) is 0 Å². The summed E-state index contributed by atoms with van der Waals surface area (Å²) in [5, 5.41) is 13.4. The molecule has 5 heteroatoms. The lowest BCUT2D eigenvalue weighted by atomic mass is 10.2. The van der Waals surface area contributed by atoms with E-state index in [0.717, 1.165) is 17.7 Å². The van der Waals surface area contributed by atoms with E-state index in [1.807, 2.05) is 30.5 Å². The molecule has 5 nitrogen and oxygen atoms in total. The van der Waals surface area contributed by atoms with E-state index in [-0.39, 0.29) is 6.61 Å². The van der Waals surface area contributed by atoms with Gasteiger partial charge >= 0.3 is 0 Å². The maximum atomic E-state index is 9.33. The van der Waals surface area contributed by atoms with Crippen LogP contribution in [0.25, 0.3) is 0 Å². The summed E-state index contributed by atoms with van der Waals surface area (Å²) in [7, 11) is 0. The van der Waals surface area contributed by atoms with Gasteiger partial charge in [-0.1, -0.05) is 6.92 Å². The minimum atomic E-state index is -0.0504. The van der Waals surface area contributed by atoms with Crippen LogP contribution < -0.4 is 9.47 Å². The lowest BCUT2D eigenvalue weighted by Gasteiger charge is -2.12. The smallest absolute Gasteiger partial charge is 0.128 e. The van der Waals surface area contributed by atoms with Crippen LogP contribution in [0.3, 0.4) is 0 Å². The molecule has 2 rings (SSSR count). The molecule has 0 saturated carbocycles. The molecular weight excluding hydrogens is 256 g/mol. The predicted molar refractivity (Wildman–Crippen MR) is 75.9 cm³/mol. The van der Waals surface area contributed by atoms with Crippen LogP contribution in [0.5, 0.6) is 11.5 Å². The number of benzene rings is 1. The van der Waals surface area contributed by atoms with Crippen LogP contribution >= 0.6 is 0 Å². The van der Waals surface area contributed by atoms with Gasteiger partial charge in [-0.15, -0.1) is 0 Å². The van der Waals surface area contributed by atoms with Crippen LogP contribution in [-0.2, 0) is 13.2 Å². The zero-order chi connectivity index (χ0) is 14.2. The molecular formula is C15H20N2O3. The summed E-state index contributed by atoms with van der Waals surface area (Å²) in [5.74, 6) is 1.42. The van der Waals surface area contributed by atoms with Gasteiger partial charge in [-0.05, 0) is 24.6 Å². The van der Waals surface area contributed by atoms with Crippen LogP contribution in [0.1, 0.15) is 18.9 Å². The second-order valence-corrected chi connectivity index (χ2v) is 4.39. The standard InChI is InChI=1S/C15H20N2O3/c1-2-9-19-14-5-4-13(12-18)15(11-14)20-10-8-17-7-3-6-16-17/h3-7,11,18H,2,8-10,12H2,1H3. The molecule has 2 aromatic rings. The van der Waals surface area contributed by atoms with E-state index in [1.54, 1.807) is 10.9 Å². The number of aliphatic hydroxyl groups excluding tert-OH is 1. The van der Waals surface area contributed by atoms with E-state index < -0.39 is 0 Å². The van der Waals surface area contributed by atoms with E-state index in [0.29, 0.717) is 25.5 Å². The fourth-order valence-electron chi connectivity index (χ4n) is 1.79. The lowest BCUT2D eigenvalue weighted by Crippen LogP contribution is -2.09. The number of aromatic nitrogens is 2. The summed E-state index contributed by atoms with van der Waals surface area (Å²) in [6.45, 7) is 3.84. The molecule has 0 saturated heterocycles. The van der Waals surface area contributed by atoms with Gasteiger partial charge in [-0.3, -0.25) is 4.68 Å². The van der Waals surface area contributed by atoms with E-state index in [4.69, 9.17) is 9.47 Å². The Balaban J connectivity index is 1.96. The average molecular weight is 276 g/mol. The Bertz CT molecular complexity index is 512. The van der Waals surface area contributed by atoms with Crippen LogP contribution in [0.15, 0.2) is 36.7 Å². The zero-order valence-electron chi connectivity index (χ0n) is 11.7. The van der Waals surface area contributed by atoms with Crippen molar-refractivity contribution < 1.29 is 14.6 Å². The maximum Gasteiger partial charge on any atom is 0.128 e. The quantitative estimate of drug-likeness (QED) is 0.803. The van der Waals surface area contributed by atoms with E-state index in [9.17, 15) is 5.11 Å². The lowest BCUT2D eigenvalue weighted by molar-refractivity contribution is 0.253. The first kappa shape index (κ1) is 14.4. The second kappa shape index (κ2) is 7.55. The normalized spacial score (nSPS) is 10.5. The van der Waals surface area contributed by atoms with Crippen LogP contribution in [-0.4, -0.2) is 28.1 Å². The highest BCUT2D eigenvalue weighted by atomic mass is 16.5. The molecule has 0 aliphatic carbocycles. The summed E-state index contributed by atoms with van der Waals surface area (Å²) in [5.41, 5.74) is 0.759. The van der Waals surface area contributed by atoms with Crippen molar-refractivity contribution in [3.05, 3.63) is 42.2 Å². The van der Waals surface area contributed by atoms with Crippen molar-refractivity contribution in [3.63, 3.8) is 0 Å². The molecule has 0 spiro atoms. The van der Waals surface area contributed by atoms with Gasteiger partial charge in [0.25, 0.3) is 0 Å². The Morgan fingerprint density at radius 1 is 1.25 bits per heavy atom. The second-order valence-electron chi connectivity index (χ2n) is 4.39. The van der Waals surface area contributed by atoms with Crippen molar-refractivity contribution in [2.75, 3.05) is 13.2 Å². The van der Waals surface area contributed by atoms with Gasteiger partial charge in [0.2, 0.25) is 0 Å². The highest BCUT2D eigenvalue weighted by Crippen LogP contribution is 2.25.